The summed E-state index contributed by atoms with van der Waals surface area (Å²) in [5, 5.41) is 2.84. The van der Waals surface area contributed by atoms with E-state index in [2.05, 4.69) is 10.3 Å². The Morgan fingerprint density at radius 3 is 2.72 bits per heavy atom. The van der Waals surface area contributed by atoms with Crippen molar-refractivity contribution in [3.63, 3.8) is 0 Å². The van der Waals surface area contributed by atoms with E-state index >= 15 is 0 Å². The Labute approximate surface area is 147 Å². The molecule has 1 unspecified atom stereocenters. The molecule has 2 aromatic rings. The van der Waals surface area contributed by atoms with Gasteiger partial charge in [0.15, 0.2) is 0 Å². The average Bonchev–Trinajstić information content (AvgIpc) is 3.10. The van der Waals surface area contributed by atoms with Crippen LogP contribution in [0.1, 0.15) is 24.0 Å². The minimum atomic E-state index is -3.73. The van der Waals surface area contributed by atoms with Gasteiger partial charge in [-0.15, -0.1) is 0 Å². The number of carbonyl (C=O) groups is 1. The van der Waals surface area contributed by atoms with E-state index in [0.717, 1.165) is 11.1 Å². The number of hydrogen-bond acceptors (Lipinski definition) is 4. The van der Waals surface area contributed by atoms with E-state index in [0.29, 0.717) is 25.1 Å². The second kappa shape index (κ2) is 6.93. The molecule has 0 aliphatic carbocycles. The van der Waals surface area contributed by atoms with Crippen molar-refractivity contribution >= 4 is 21.6 Å². The van der Waals surface area contributed by atoms with Gasteiger partial charge in [0, 0.05) is 24.6 Å². The second-order valence-electron chi connectivity index (χ2n) is 6.25. The van der Waals surface area contributed by atoms with Crippen molar-refractivity contribution in [1.29, 1.82) is 0 Å². The molecule has 0 radical (unpaired) electrons. The number of anilines is 1. The number of sulfonamides is 1. The SMILES string of the molecule is Cc1ccc(NC(=O)C2CCCN2S(=O)(=O)c2cccnc2)cc1C. The molecule has 1 aromatic carbocycles. The highest BCUT2D eigenvalue weighted by molar-refractivity contribution is 7.89. The third kappa shape index (κ3) is 3.57. The van der Waals surface area contributed by atoms with E-state index in [1.807, 2.05) is 32.0 Å². The summed E-state index contributed by atoms with van der Waals surface area (Å²) in [5.41, 5.74) is 2.89. The summed E-state index contributed by atoms with van der Waals surface area (Å²) in [6.45, 7) is 4.31. The summed E-state index contributed by atoms with van der Waals surface area (Å²) in [6, 6.07) is 8.03. The molecule has 1 N–H and O–H groups in total. The first-order chi connectivity index (χ1) is 11.9. The third-order valence-electron chi connectivity index (χ3n) is 4.52. The Morgan fingerprint density at radius 2 is 2.04 bits per heavy atom. The van der Waals surface area contributed by atoms with Gasteiger partial charge in [-0.05, 0) is 62.1 Å². The minimum absolute atomic E-state index is 0.112. The zero-order valence-corrected chi connectivity index (χ0v) is 15.1. The third-order valence-corrected chi connectivity index (χ3v) is 6.41. The Balaban J connectivity index is 1.81. The van der Waals surface area contributed by atoms with E-state index < -0.39 is 16.1 Å². The molecule has 1 atom stereocenters. The van der Waals surface area contributed by atoms with E-state index in [1.54, 1.807) is 6.07 Å². The molecule has 0 bridgehead atoms. The highest BCUT2D eigenvalue weighted by atomic mass is 32.2. The van der Waals surface area contributed by atoms with Crippen molar-refractivity contribution in [2.24, 2.45) is 0 Å². The highest BCUT2D eigenvalue weighted by Gasteiger charge is 2.39. The highest BCUT2D eigenvalue weighted by Crippen LogP contribution is 2.27. The van der Waals surface area contributed by atoms with E-state index in [4.69, 9.17) is 0 Å². The second-order valence-corrected chi connectivity index (χ2v) is 8.14. The van der Waals surface area contributed by atoms with Crippen LogP contribution in [-0.2, 0) is 14.8 Å². The zero-order valence-electron chi connectivity index (χ0n) is 14.3. The number of pyridine rings is 1. The summed E-state index contributed by atoms with van der Waals surface area (Å²) in [7, 11) is -3.73. The Morgan fingerprint density at radius 1 is 1.24 bits per heavy atom. The van der Waals surface area contributed by atoms with Gasteiger partial charge in [0.1, 0.15) is 10.9 Å². The van der Waals surface area contributed by atoms with Crippen LogP contribution < -0.4 is 5.32 Å². The number of nitrogens with one attached hydrogen (secondary N) is 1. The van der Waals surface area contributed by atoms with Gasteiger partial charge >= 0.3 is 0 Å². The summed E-state index contributed by atoms with van der Waals surface area (Å²) in [6.07, 6.45) is 4.00. The van der Waals surface area contributed by atoms with Crippen LogP contribution in [0.25, 0.3) is 0 Å². The number of benzene rings is 1. The number of nitrogens with zero attached hydrogens (tertiary/aromatic N) is 2. The Hall–Kier alpha value is -2.25. The molecule has 132 valence electrons. The smallest absolute Gasteiger partial charge is 0.245 e. The Bertz CT molecular complexity index is 882. The molecule has 3 rings (SSSR count). The molecule has 0 saturated carbocycles. The minimum Gasteiger partial charge on any atom is -0.325 e. The topological polar surface area (TPSA) is 79.4 Å². The van der Waals surface area contributed by atoms with Gasteiger partial charge in [-0.1, -0.05) is 6.07 Å². The summed E-state index contributed by atoms with van der Waals surface area (Å²) in [5.74, 6) is -0.298. The van der Waals surface area contributed by atoms with Crippen molar-refractivity contribution < 1.29 is 13.2 Å². The fourth-order valence-electron chi connectivity index (χ4n) is 2.97. The number of amides is 1. The van der Waals surface area contributed by atoms with Crippen molar-refractivity contribution in [2.45, 2.75) is 37.6 Å². The molecule has 1 amide bonds. The molecule has 1 aliphatic heterocycles. The average molecular weight is 359 g/mol. The van der Waals surface area contributed by atoms with Crippen molar-refractivity contribution in [2.75, 3.05) is 11.9 Å². The first-order valence-corrected chi connectivity index (χ1v) is 9.63. The molecule has 6 nitrogen and oxygen atoms in total. The molecule has 25 heavy (non-hydrogen) atoms. The lowest BCUT2D eigenvalue weighted by atomic mass is 10.1. The van der Waals surface area contributed by atoms with Crippen molar-refractivity contribution in [1.82, 2.24) is 9.29 Å². The van der Waals surface area contributed by atoms with E-state index in [-0.39, 0.29) is 10.8 Å². The lowest BCUT2D eigenvalue weighted by Gasteiger charge is -2.23. The first kappa shape index (κ1) is 17.6. The number of aromatic nitrogens is 1. The maximum atomic E-state index is 12.8. The van der Waals surface area contributed by atoms with Crippen LogP contribution in [0.4, 0.5) is 5.69 Å². The monoisotopic (exact) mass is 359 g/mol. The van der Waals surface area contributed by atoms with Gasteiger partial charge in [-0.3, -0.25) is 9.78 Å². The van der Waals surface area contributed by atoms with Crippen LogP contribution in [0.3, 0.4) is 0 Å². The molecule has 0 spiro atoms. The number of hydrogen-bond donors (Lipinski definition) is 1. The fourth-order valence-corrected chi connectivity index (χ4v) is 4.59. The summed E-state index contributed by atoms with van der Waals surface area (Å²) < 4.78 is 26.9. The quantitative estimate of drug-likeness (QED) is 0.910. The van der Waals surface area contributed by atoms with Gasteiger partial charge in [0.2, 0.25) is 15.9 Å². The van der Waals surface area contributed by atoms with Crippen LogP contribution >= 0.6 is 0 Å². The van der Waals surface area contributed by atoms with Crippen molar-refractivity contribution in [3.8, 4) is 0 Å². The van der Waals surface area contributed by atoms with Crippen LogP contribution in [0, 0.1) is 13.8 Å². The van der Waals surface area contributed by atoms with Gasteiger partial charge < -0.3 is 5.32 Å². The predicted octanol–water partition coefficient (Wildman–Crippen LogP) is 2.49. The lowest BCUT2D eigenvalue weighted by Crippen LogP contribution is -2.43. The molecule has 1 aromatic heterocycles. The number of aryl methyl sites for hydroxylation is 2. The molecule has 2 heterocycles. The van der Waals surface area contributed by atoms with Crippen LogP contribution in [-0.4, -0.2) is 36.2 Å². The fraction of sp³-hybridized carbons (Fsp3) is 0.333. The summed E-state index contributed by atoms with van der Waals surface area (Å²) >= 11 is 0. The number of carbonyl (C=O) groups excluding carboxylic acids is 1. The maximum Gasteiger partial charge on any atom is 0.245 e. The zero-order chi connectivity index (χ0) is 18.0. The normalized spacial score (nSPS) is 18.2. The van der Waals surface area contributed by atoms with Gasteiger partial charge in [-0.2, -0.15) is 4.31 Å². The van der Waals surface area contributed by atoms with Crippen LogP contribution in [0.15, 0.2) is 47.6 Å². The molecule has 1 fully saturated rings. The standard InChI is InChI=1S/C18H21N3O3S/c1-13-7-8-15(11-14(13)2)20-18(22)17-6-4-10-21(17)25(23,24)16-5-3-9-19-12-16/h3,5,7-9,11-12,17H,4,6,10H2,1-2H3,(H,20,22). The van der Waals surface area contributed by atoms with Crippen LogP contribution in [0.5, 0.6) is 0 Å². The molecule has 7 heteroatoms. The maximum absolute atomic E-state index is 12.8. The van der Waals surface area contributed by atoms with Gasteiger partial charge in [0.05, 0.1) is 0 Å². The molecular formula is C18H21N3O3S. The first-order valence-electron chi connectivity index (χ1n) is 8.19. The molecular weight excluding hydrogens is 338 g/mol. The van der Waals surface area contributed by atoms with E-state index in [1.165, 1.54) is 22.8 Å². The van der Waals surface area contributed by atoms with Gasteiger partial charge in [-0.25, -0.2) is 8.42 Å². The largest absolute Gasteiger partial charge is 0.325 e. The lowest BCUT2D eigenvalue weighted by molar-refractivity contribution is -0.119. The number of rotatable bonds is 4. The van der Waals surface area contributed by atoms with Crippen molar-refractivity contribution in [3.05, 3.63) is 53.9 Å². The van der Waals surface area contributed by atoms with E-state index in [9.17, 15) is 13.2 Å². The molecule has 1 aliphatic rings. The molecule has 1 saturated heterocycles. The predicted molar refractivity (Wildman–Crippen MR) is 95.7 cm³/mol. The Kier molecular flexibility index (Phi) is 4.87. The van der Waals surface area contributed by atoms with Crippen LogP contribution in [0.2, 0.25) is 0 Å². The summed E-state index contributed by atoms with van der Waals surface area (Å²) in [4.78, 5) is 16.6. The van der Waals surface area contributed by atoms with Gasteiger partial charge in [0.25, 0.3) is 0 Å².